The standard InChI is InChI=1S/C10H18O6/c1-10(2)15-7-5(13-3)4-14-9(12)6(11)8(7)16-10/h5-9,11-12H,4H2,1-3H3/t5?,6-,7?,8?,9?/m0/s1. The van der Waals surface area contributed by atoms with Crippen molar-refractivity contribution in [1.82, 2.24) is 0 Å². The topological polar surface area (TPSA) is 77.4 Å². The van der Waals surface area contributed by atoms with Gasteiger partial charge in [-0.2, -0.15) is 0 Å². The summed E-state index contributed by atoms with van der Waals surface area (Å²) in [7, 11) is 1.53. The van der Waals surface area contributed by atoms with Gasteiger partial charge in [0.15, 0.2) is 12.1 Å². The van der Waals surface area contributed by atoms with Gasteiger partial charge in [-0.25, -0.2) is 0 Å². The third-order valence-corrected chi connectivity index (χ3v) is 2.89. The molecule has 16 heavy (non-hydrogen) atoms. The van der Waals surface area contributed by atoms with Crippen molar-refractivity contribution in [2.24, 2.45) is 0 Å². The Labute approximate surface area is 94.1 Å². The molecular weight excluding hydrogens is 216 g/mol. The lowest BCUT2D eigenvalue weighted by atomic mass is 10.0. The summed E-state index contributed by atoms with van der Waals surface area (Å²) in [5.41, 5.74) is 0. The molecule has 4 unspecified atom stereocenters. The maximum atomic E-state index is 9.84. The van der Waals surface area contributed by atoms with Crippen LogP contribution in [0.15, 0.2) is 0 Å². The highest BCUT2D eigenvalue weighted by atomic mass is 16.8. The van der Waals surface area contributed by atoms with Crippen molar-refractivity contribution in [3.05, 3.63) is 0 Å². The molecule has 0 spiro atoms. The zero-order valence-corrected chi connectivity index (χ0v) is 9.62. The fraction of sp³-hybridized carbons (Fsp3) is 1.00. The zero-order valence-electron chi connectivity index (χ0n) is 9.62. The first-order valence-corrected chi connectivity index (χ1v) is 5.31. The largest absolute Gasteiger partial charge is 0.385 e. The summed E-state index contributed by atoms with van der Waals surface area (Å²) in [6, 6.07) is 0. The van der Waals surface area contributed by atoms with Crippen LogP contribution >= 0.6 is 0 Å². The quantitative estimate of drug-likeness (QED) is 0.620. The molecule has 5 atom stereocenters. The molecule has 0 bridgehead atoms. The number of fused-ring (bicyclic) bond motifs is 1. The lowest BCUT2D eigenvalue weighted by molar-refractivity contribution is -0.215. The summed E-state index contributed by atoms with van der Waals surface area (Å²) in [5, 5.41) is 19.4. The highest BCUT2D eigenvalue weighted by Crippen LogP contribution is 2.35. The molecule has 2 rings (SSSR count). The van der Waals surface area contributed by atoms with Crippen LogP contribution in [0.4, 0.5) is 0 Å². The van der Waals surface area contributed by atoms with Crippen molar-refractivity contribution in [2.45, 2.75) is 50.3 Å². The van der Waals surface area contributed by atoms with E-state index in [0.29, 0.717) is 0 Å². The first kappa shape index (κ1) is 12.2. The van der Waals surface area contributed by atoms with Crippen LogP contribution in [0.5, 0.6) is 0 Å². The van der Waals surface area contributed by atoms with Gasteiger partial charge < -0.3 is 29.2 Å². The smallest absolute Gasteiger partial charge is 0.183 e. The number of methoxy groups -OCH3 is 1. The van der Waals surface area contributed by atoms with Gasteiger partial charge in [0.05, 0.1) is 6.61 Å². The first-order chi connectivity index (χ1) is 7.44. The molecule has 2 saturated heterocycles. The molecule has 2 heterocycles. The average Bonchev–Trinajstić information content (AvgIpc) is 2.49. The molecule has 0 aromatic heterocycles. The number of aliphatic hydroxyl groups excluding tert-OH is 2. The predicted octanol–water partition coefficient (Wildman–Crippen LogP) is -0.769. The monoisotopic (exact) mass is 234 g/mol. The van der Waals surface area contributed by atoms with Gasteiger partial charge in [0.1, 0.15) is 24.4 Å². The minimum atomic E-state index is -1.27. The molecule has 6 heteroatoms. The van der Waals surface area contributed by atoms with Gasteiger partial charge in [0.2, 0.25) is 0 Å². The summed E-state index contributed by atoms with van der Waals surface area (Å²) < 4.78 is 21.5. The molecule has 0 amide bonds. The summed E-state index contributed by atoms with van der Waals surface area (Å²) in [6.07, 6.45) is -3.85. The SMILES string of the molecule is COC1COC(O)[C@@H](O)C2OC(C)(C)OC12. The Morgan fingerprint density at radius 2 is 1.81 bits per heavy atom. The Bertz CT molecular complexity index is 248. The molecule has 0 aliphatic carbocycles. The Morgan fingerprint density at radius 3 is 2.44 bits per heavy atom. The van der Waals surface area contributed by atoms with Gasteiger partial charge in [-0.15, -0.1) is 0 Å². The van der Waals surface area contributed by atoms with Crippen molar-refractivity contribution in [1.29, 1.82) is 0 Å². The van der Waals surface area contributed by atoms with Crippen LogP contribution in [0.3, 0.4) is 0 Å². The molecular formula is C10H18O6. The molecule has 0 saturated carbocycles. The molecule has 2 fully saturated rings. The van der Waals surface area contributed by atoms with E-state index in [0.717, 1.165) is 0 Å². The van der Waals surface area contributed by atoms with Crippen molar-refractivity contribution >= 4 is 0 Å². The Balaban J connectivity index is 2.21. The lowest BCUT2D eigenvalue weighted by Gasteiger charge is -2.22. The predicted molar refractivity (Wildman–Crippen MR) is 52.6 cm³/mol. The van der Waals surface area contributed by atoms with Gasteiger partial charge in [0, 0.05) is 7.11 Å². The summed E-state index contributed by atoms with van der Waals surface area (Å²) in [5.74, 6) is -0.788. The summed E-state index contributed by atoms with van der Waals surface area (Å²) >= 11 is 0. The second kappa shape index (κ2) is 4.21. The molecule has 0 aromatic carbocycles. The van der Waals surface area contributed by atoms with Crippen molar-refractivity contribution in [3.8, 4) is 0 Å². The minimum Gasteiger partial charge on any atom is -0.385 e. The van der Waals surface area contributed by atoms with E-state index in [4.69, 9.17) is 18.9 Å². The molecule has 2 aliphatic rings. The molecule has 0 aromatic rings. The van der Waals surface area contributed by atoms with E-state index in [2.05, 4.69) is 0 Å². The van der Waals surface area contributed by atoms with Crippen LogP contribution in [0.25, 0.3) is 0 Å². The fourth-order valence-electron chi connectivity index (χ4n) is 2.12. The Morgan fingerprint density at radius 1 is 1.19 bits per heavy atom. The number of aliphatic hydroxyl groups is 2. The number of hydrogen-bond acceptors (Lipinski definition) is 6. The third kappa shape index (κ3) is 2.09. The van der Waals surface area contributed by atoms with Crippen LogP contribution in [0.1, 0.15) is 13.8 Å². The molecule has 0 radical (unpaired) electrons. The second-order valence-electron chi connectivity index (χ2n) is 4.55. The summed E-state index contributed by atoms with van der Waals surface area (Å²) in [6.45, 7) is 3.68. The number of ether oxygens (including phenoxy) is 4. The van der Waals surface area contributed by atoms with Gasteiger partial charge in [-0.1, -0.05) is 0 Å². The van der Waals surface area contributed by atoms with Gasteiger partial charge >= 0.3 is 0 Å². The van der Waals surface area contributed by atoms with E-state index in [9.17, 15) is 10.2 Å². The molecule has 2 aliphatic heterocycles. The van der Waals surface area contributed by atoms with E-state index < -0.39 is 30.4 Å². The van der Waals surface area contributed by atoms with E-state index in [1.165, 1.54) is 7.11 Å². The van der Waals surface area contributed by atoms with E-state index in [-0.39, 0.29) is 12.7 Å². The van der Waals surface area contributed by atoms with Crippen LogP contribution in [-0.2, 0) is 18.9 Å². The molecule has 94 valence electrons. The Kier molecular flexibility index (Phi) is 3.22. The average molecular weight is 234 g/mol. The van der Waals surface area contributed by atoms with E-state index >= 15 is 0 Å². The van der Waals surface area contributed by atoms with E-state index in [1.54, 1.807) is 13.8 Å². The van der Waals surface area contributed by atoms with Crippen LogP contribution < -0.4 is 0 Å². The van der Waals surface area contributed by atoms with Gasteiger partial charge in [-0.05, 0) is 13.8 Å². The van der Waals surface area contributed by atoms with Gasteiger partial charge in [0.25, 0.3) is 0 Å². The number of hydrogen-bond donors (Lipinski definition) is 2. The zero-order chi connectivity index (χ0) is 11.9. The third-order valence-electron chi connectivity index (χ3n) is 2.89. The first-order valence-electron chi connectivity index (χ1n) is 5.31. The van der Waals surface area contributed by atoms with Crippen LogP contribution in [0.2, 0.25) is 0 Å². The van der Waals surface area contributed by atoms with Crippen LogP contribution in [-0.4, -0.2) is 60.4 Å². The molecule has 6 nitrogen and oxygen atoms in total. The van der Waals surface area contributed by atoms with Crippen molar-refractivity contribution in [2.75, 3.05) is 13.7 Å². The highest BCUT2D eigenvalue weighted by molar-refractivity contribution is 4.94. The maximum Gasteiger partial charge on any atom is 0.183 e. The summed E-state index contributed by atoms with van der Waals surface area (Å²) in [4.78, 5) is 0. The molecule has 2 N–H and O–H groups in total. The lowest BCUT2D eigenvalue weighted by Crippen LogP contribution is -2.44. The normalized spacial score (nSPS) is 47.4. The minimum absolute atomic E-state index is 0.162. The number of rotatable bonds is 1. The highest BCUT2D eigenvalue weighted by Gasteiger charge is 2.52. The van der Waals surface area contributed by atoms with Crippen molar-refractivity contribution in [3.63, 3.8) is 0 Å². The fourth-order valence-corrected chi connectivity index (χ4v) is 2.12. The second-order valence-corrected chi connectivity index (χ2v) is 4.55. The van der Waals surface area contributed by atoms with Crippen LogP contribution in [0, 0.1) is 0 Å². The van der Waals surface area contributed by atoms with Gasteiger partial charge in [-0.3, -0.25) is 0 Å². The maximum absolute atomic E-state index is 9.84. The van der Waals surface area contributed by atoms with E-state index in [1.807, 2.05) is 0 Å². The van der Waals surface area contributed by atoms with Crippen molar-refractivity contribution < 1.29 is 29.2 Å². The Hall–Kier alpha value is -0.240.